The van der Waals surface area contributed by atoms with Gasteiger partial charge in [-0.1, -0.05) is 13.8 Å². The predicted molar refractivity (Wildman–Crippen MR) is 92.8 cm³/mol. The number of piperazine rings is 1. The average Bonchev–Trinajstić information content (AvgIpc) is 2.93. The van der Waals surface area contributed by atoms with E-state index in [-0.39, 0.29) is 17.7 Å². The zero-order valence-electron chi connectivity index (χ0n) is 13.7. The smallest absolute Gasteiger partial charge is 0.211 e. The number of sulfonamides is 1. The van der Waals surface area contributed by atoms with E-state index >= 15 is 0 Å². The summed E-state index contributed by atoms with van der Waals surface area (Å²) in [6.07, 6.45) is 0. The molecule has 1 saturated heterocycles. The summed E-state index contributed by atoms with van der Waals surface area (Å²) in [5, 5.41) is 4.18. The van der Waals surface area contributed by atoms with Crippen molar-refractivity contribution in [1.82, 2.24) is 14.5 Å². The molecule has 1 N–H and O–H groups in total. The second-order valence-corrected chi connectivity index (χ2v) is 9.07. The van der Waals surface area contributed by atoms with E-state index in [0.29, 0.717) is 6.54 Å². The monoisotopic (exact) mass is 345 g/mol. The van der Waals surface area contributed by atoms with Crippen LogP contribution in [0.25, 0.3) is 0 Å². The molecule has 0 radical (unpaired) electrons. The summed E-state index contributed by atoms with van der Waals surface area (Å²) >= 11 is 1.66. The summed E-state index contributed by atoms with van der Waals surface area (Å²) in [7, 11) is -1.07. The molecule has 126 valence electrons. The minimum atomic E-state index is -3.20. The molecule has 1 unspecified atom stereocenters. The zero-order valence-corrected chi connectivity index (χ0v) is 15.3. The molecular weight excluding hydrogens is 318 g/mol. The molecule has 1 fully saturated rings. The van der Waals surface area contributed by atoms with Gasteiger partial charge in [0.2, 0.25) is 10.0 Å². The van der Waals surface area contributed by atoms with Crippen LogP contribution >= 0.6 is 11.3 Å². The Morgan fingerprint density at radius 1 is 1.27 bits per heavy atom. The van der Waals surface area contributed by atoms with Crippen molar-refractivity contribution in [1.29, 1.82) is 0 Å². The van der Waals surface area contributed by atoms with Crippen molar-refractivity contribution in [3.8, 4) is 0 Å². The molecule has 22 heavy (non-hydrogen) atoms. The maximum Gasteiger partial charge on any atom is 0.211 e. The molecule has 1 aliphatic rings. The maximum atomic E-state index is 12.1. The number of hydrogen-bond acceptors (Lipinski definition) is 5. The van der Waals surface area contributed by atoms with Gasteiger partial charge in [0.25, 0.3) is 0 Å². The standard InChI is InChI=1S/C15H27N3O2S2/c1-13(2)12-22(19,20)16-10-15(14-4-9-21-11-14)18-7-5-17(3)6-8-18/h4,9,11,13,15-16H,5-8,10,12H2,1-3H3. The highest BCUT2D eigenvalue weighted by atomic mass is 32.2. The van der Waals surface area contributed by atoms with E-state index in [1.807, 2.05) is 13.8 Å². The van der Waals surface area contributed by atoms with Crippen LogP contribution < -0.4 is 4.72 Å². The highest BCUT2D eigenvalue weighted by Crippen LogP contribution is 2.24. The molecule has 1 aromatic heterocycles. The molecule has 0 aromatic carbocycles. The third-order valence-electron chi connectivity index (χ3n) is 3.96. The lowest BCUT2D eigenvalue weighted by molar-refractivity contribution is 0.113. The van der Waals surface area contributed by atoms with Gasteiger partial charge in [-0.15, -0.1) is 0 Å². The fourth-order valence-corrected chi connectivity index (χ4v) is 4.87. The van der Waals surface area contributed by atoms with Crippen LogP contribution in [0.3, 0.4) is 0 Å². The molecule has 0 bridgehead atoms. The van der Waals surface area contributed by atoms with E-state index in [4.69, 9.17) is 0 Å². The lowest BCUT2D eigenvalue weighted by Gasteiger charge is -2.38. The molecule has 0 amide bonds. The van der Waals surface area contributed by atoms with E-state index in [9.17, 15) is 8.42 Å². The first-order valence-electron chi connectivity index (χ1n) is 7.79. The second-order valence-electron chi connectivity index (χ2n) is 6.44. The normalized spacial score (nSPS) is 19.6. The summed E-state index contributed by atoms with van der Waals surface area (Å²) in [5.74, 6) is 0.326. The number of nitrogens with zero attached hydrogens (tertiary/aromatic N) is 2. The molecular formula is C15H27N3O2S2. The first-order valence-corrected chi connectivity index (χ1v) is 10.4. The molecule has 0 aliphatic carbocycles. The SMILES string of the molecule is CC(C)CS(=O)(=O)NCC(c1ccsc1)N1CCN(C)CC1. The number of rotatable bonds is 7. The lowest BCUT2D eigenvalue weighted by Crippen LogP contribution is -2.48. The Labute approximate surface area is 138 Å². The van der Waals surface area contributed by atoms with Crippen LogP contribution in [0.5, 0.6) is 0 Å². The van der Waals surface area contributed by atoms with Gasteiger partial charge in [-0.2, -0.15) is 11.3 Å². The van der Waals surface area contributed by atoms with Gasteiger partial charge in [0.05, 0.1) is 5.75 Å². The molecule has 1 aromatic rings. The summed E-state index contributed by atoms with van der Waals surface area (Å²) in [6.45, 7) is 8.31. The van der Waals surface area contributed by atoms with Crippen LogP contribution in [0, 0.1) is 5.92 Å². The summed E-state index contributed by atoms with van der Waals surface area (Å²) in [4.78, 5) is 4.70. The van der Waals surface area contributed by atoms with E-state index in [1.165, 1.54) is 5.56 Å². The Hall–Kier alpha value is -0.470. The maximum absolute atomic E-state index is 12.1. The van der Waals surface area contributed by atoms with Crippen molar-refractivity contribution in [2.24, 2.45) is 5.92 Å². The average molecular weight is 346 g/mol. The number of nitrogens with one attached hydrogen (secondary N) is 1. The van der Waals surface area contributed by atoms with Gasteiger partial charge in [0, 0.05) is 38.8 Å². The summed E-state index contributed by atoms with van der Waals surface area (Å²) in [5.41, 5.74) is 1.21. The van der Waals surface area contributed by atoms with E-state index in [2.05, 4.69) is 38.4 Å². The Balaban J connectivity index is 2.03. The number of hydrogen-bond donors (Lipinski definition) is 1. The van der Waals surface area contributed by atoms with Crippen LogP contribution in [0.4, 0.5) is 0 Å². The van der Waals surface area contributed by atoms with Crippen molar-refractivity contribution < 1.29 is 8.42 Å². The highest BCUT2D eigenvalue weighted by molar-refractivity contribution is 7.89. The van der Waals surface area contributed by atoms with Gasteiger partial charge in [0.1, 0.15) is 0 Å². The minimum absolute atomic E-state index is 0.127. The van der Waals surface area contributed by atoms with Gasteiger partial charge in [-0.05, 0) is 35.4 Å². The summed E-state index contributed by atoms with van der Waals surface area (Å²) in [6, 6.07) is 2.23. The van der Waals surface area contributed by atoms with Crippen molar-refractivity contribution in [2.45, 2.75) is 19.9 Å². The minimum Gasteiger partial charge on any atom is -0.304 e. The van der Waals surface area contributed by atoms with Crippen molar-refractivity contribution >= 4 is 21.4 Å². The Kier molecular flexibility index (Phi) is 6.40. The fourth-order valence-electron chi connectivity index (χ4n) is 2.76. The fraction of sp³-hybridized carbons (Fsp3) is 0.733. The van der Waals surface area contributed by atoms with Gasteiger partial charge >= 0.3 is 0 Å². The van der Waals surface area contributed by atoms with Crippen LogP contribution in [0.2, 0.25) is 0 Å². The van der Waals surface area contributed by atoms with Crippen LogP contribution in [-0.2, 0) is 10.0 Å². The van der Waals surface area contributed by atoms with E-state index < -0.39 is 10.0 Å². The van der Waals surface area contributed by atoms with Crippen LogP contribution in [0.1, 0.15) is 25.5 Å². The largest absolute Gasteiger partial charge is 0.304 e. The first kappa shape index (κ1) is 17.9. The van der Waals surface area contributed by atoms with Crippen LogP contribution in [-0.4, -0.2) is 63.7 Å². The molecule has 2 heterocycles. The quantitative estimate of drug-likeness (QED) is 0.816. The molecule has 0 saturated carbocycles. The third-order valence-corrected chi connectivity index (χ3v) is 6.37. The van der Waals surface area contributed by atoms with Gasteiger partial charge in [-0.25, -0.2) is 13.1 Å². The number of thiophene rings is 1. The van der Waals surface area contributed by atoms with Crippen molar-refractivity contribution in [3.63, 3.8) is 0 Å². The van der Waals surface area contributed by atoms with Crippen molar-refractivity contribution in [2.75, 3.05) is 45.5 Å². The Bertz CT molecular complexity index is 535. The summed E-state index contributed by atoms with van der Waals surface area (Å²) < 4.78 is 27.0. The highest BCUT2D eigenvalue weighted by Gasteiger charge is 2.25. The predicted octanol–water partition coefficient (Wildman–Crippen LogP) is 1.61. The Morgan fingerprint density at radius 3 is 2.50 bits per heavy atom. The van der Waals surface area contributed by atoms with Crippen molar-refractivity contribution in [3.05, 3.63) is 22.4 Å². The van der Waals surface area contributed by atoms with Crippen LogP contribution in [0.15, 0.2) is 16.8 Å². The Morgan fingerprint density at radius 2 is 1.95 bits per heavy atom. The molecule has 7 heteroatoms. The van der Waals surface area contributed by atoms with E-state index in [1.54, 1.807) is 11.3 Å². The van der Waals surface area contributed by atoms with Gasteiger partial charge < -0.3 is 4.90 Å². The molecule has 1 aliphatic heterocycles. The van der Waals surface area contributed by atoms with E-state index in [0.717, 1.165) is 26.2 Å². The van der Waals surface area contributed by atoms with Gasteiger partial charge in [-0.3, -0.25) is 4.90 Å². The lowest BCUT2D eigenvalue weighted by atomic mass is 10.1. The molecule has 2 rings (SSSR count). The molecule has 0 spiro atoms. The second kappa shape index (κ2) is 7.88. The molecule has 1 atom stereocenters. The number of likely N-dealkylation sites (N-methyl/N-ethyl adjacent to an activating group) is 1. The first-order chi connectivity index (χ1) is 10.4. The zero-order chi connectivity index (χ0) is 16.2. The topological polar surface area (TPSA) is 52.7 Å². The molecule has 5 nitrogen and oxygen atoms in total. The van der Waals surface area contributed by atoms with Gasteiger partial charge in [0.15, 0.2) is 0 Å². The third kappa shape index (κ3) is 5.31.